The zero-order chi connectivity index (χ0) is 11.1. The van der Waals surface area contributed by atoms with Gasteiger partial charge in [-0.05, 0) is 28.1 Å². The van der Waals surface area contributed by atoms with Crippen molar-refractivity contribution in [2.75, 3.05) is 26.4 Å². The van der Waals surface area contributed by atoms with Crippen LogP contribution in [0.15, 0.2) is 22.7 Å². The smallest absolute Gasteiger partial charge is 0.136 e. The molecule has 0 aromatic heterocycles. The zero-order valence-corrected chi connectivity index (χ0v) is 9.67. The standard InChI is InChI=1S/C10H12BrFO3/c11-9-2-1-8(12)7-10(9)15-6-5-14-4-3-13/h1-2,7,13H,3-6H2. The Kier molecular flexibility index (Phi) is 5.60. The minimum absolute atomic E-state index is 0.0103. The molecule has 0 saturated carbocycles. The molecule has 0 saturated heterocycles. The first-order chi connectivity index (χ1) is 7.24. The molecule has 0 aliphatic heterocycles. The van der Waals surface area contributed by atoms with Gasteiger partial charge in [-0.25, -0.2) is 4.39 Å². The molecule has 5 heteroatoms. The lowest BCUT2D eigenvalue weighted by Gasteiger charge is -2.08. The lowest BCUT2D eigenvalue weighted by atomic mass is 10.3. The number of halogens is 2. The van der Waals surface area contributed by atoms with Crippen molar-refractivity contribution in [3.05, 3.63) is 28.5 Å². The normalized spacial score (nSPS) is 10.3. The van der Waals surface area contributed by atoms with Crippen molar-refractivity contribution < 1.29 is 19.0 Å². The Hall–Kier alpha value is -0.650. The van der Waals surface area contributed by atoms with E-state index in [0.29, 0.717) is 23.4 Å². The van der Waals surface area contributed by atoms with Gasteiger partial charge in [0.25, 0.3) is 0 Å². The molecule has 0 aliphatic carbocycles. The minimum Gasteiger partial charge on any atom is -0.490 e. The van der Waals surface area contributed by atoms with Gasteiger partial charge in [-0.15, -0.1) is 0 Å². The third-order valence-corrected chi connectivity index (χ3v) is 2.27. The topological polar surface area (TPSA) is 38.7 Å². The van der Waals surface area contributed by atoms with Crippen molar-refractivity contribution >= 4 is 15.9 Å². The molecule has 0 fully saturated rings. The molecule has 1 N–H and O–H groups in total. The first kappa shape index (κ1) is 12.4. The second-order valence-electron chi connectivity index (χ2n) is 2.76. The second kappa shape index (κ2) is 6.76. The average Bonchev–Trinajstić information content (AvgIpc) is 2.23. The van der Waals surface area contributed by atoms with Gasteiger partial charge in [0.15, 0.2) is 0 Å². The van der Waals surface area contributed by atoms with Crippen LogP contribution in [0.2, 0.25) is 0 Å². The van der Waals surface area contributed by atoms with Crippen molar-refractivity contribution in [3.8, 4) is 5.75 Å². The Morgan fingerprint density at radius 3 is 2.80 bits per heavy atom. The third-order valence-electron chi connectivity index (χ3n) is 1.61. The summed E-state index contributed by atoms with van der Waals surface area (Å²) in [4.78, 5) is 0. The van der Waals surface area contributed by atoms with Crippen LogP contribution in [0.3, 0.4) is 0 Å². The van der Waals surface area contributed by atoms with Gasteiger partial charge < -0.3 is 14.6 Å². The summed E-state index contributed by atoms with van der Waals surface area (Å²) in [6.07, 6.45) is 0. The fourth-order valence-corrected chi connectivity index (χ4v) is 1.33. The highest BCUT2D eigenvalue weighted by atomic mass is 79.9. The monoisotopic (exact) mass is 278 g/mol. The highest BCUT2D eigenvalue weighted by molar-refractivity contribution is 9.10. The summed E-state index contributed by atoms with van der Waals surface area (Å²) < 4.78 is 23.8. The summed E-state index contributed by atoms with van der Waals surface area (Å²) in [5.41, 5.74) is 0. The molecular weight excluding hydrogens is 267 g/mol. The van der Waals surface area contributed by atoms with E-state index in [-0.39, 0.29) is 19.0 Å². The van der Waals surface area contributed by atoms with Crippen LogP contribution in [-0.4, -0.2) is 31.5 Å². The third kappa shape index (κ3) is 4.59. The van der Waals surface area contributed by atoms with Crippen LogP contribution in [0.5, 0.6) is 5.75 Å². The molecule has 3 nitrogen and oxygen atoms in total. The first-order valence-electron chi connectivity index (χ1n) is 4.50. The van der Waals surface area contributed by atoms with Gasteiger partial charge in [0.05, 0.1) is 24.3 Å². The number of hydrogen-bond acceptors (Lipinski definition) is 3. The van der Waals surface area contributed by atoms with E-state index >= 15 is 0 Å². The van der Waals surface area contributed by atoms with E-state index in [4.69, 9.17) is 14.6 Å². The van der Waals surface area contributed by atoms with Gasteiger partial charge in [0.1, 0.15) is 18.2 Å². The van der Waals surface area contributed by atoms with Crippen LogP contribution in [0.1, 0.15) is 0 Å². The summed E-state index contributed by atoms with van der Waals surface area (Å²) in [5.74, 6) is 0.104. The van der Waals surface area contributed by atoms with Crippen LogP contribution in [0.25, 0.3) is 0 Å². The van der Waals surface area contributed by atoms with Crippen LogP contribution in [0, 0.1) is 5.82 Å². The number of aliphatic hydroxyl groups excluding tert-OH is 1. The number of hydrogen-bond donors (Lipinski definition) is 1. The van der Waals surface area contributed by atoms with Crippen molar-refractivity contribution in [2.45, 2.75) is 0 Å². The van der Waals surface area contributed by atoms with Gasteiger partial charge in [-0.1, -0.05) is 0 Å². The van der Waals surface area contributed by atoms with E-state index in [2.05, 4.69) is 15.9 Å². The molecule has 0 radical (unpaired) electrons. The van der Waals surface area contributed by atoms with Gasteiger partial charge in [-0.2, -0.15) is 0 Å². The molecule has 15 heavy (non-hydrogen) atoms. The van der Waals surface area contributed by atoms with Crippen LogP contribution in [-0.2, 0) is 4.74 Å². The van der Waals surface area contributed by atoms with Crippen LogP contribution >= 0.6 is 15.9 Å². The van der Waals surface area contributed by atoms with Crippen molar-refractivity contribution in [1.82, 2.24) is 0 Å². The van der Waals surface area contributed by atoms with E-state index < -0.39 is 0 Å². The molecule has 0 unspecified atom stereocenters. The van der Waals surface area contributed by atoms with Crippen molar-refractivity contribution in [2.24, 2.45) is 0 Å². The summed E-state index contributed by atoms with van der Waals surface area (Å²) in [6.45, 7) is 0.961. The summed E-state index contributed by atoms with van der Waals surface area (Å²) >= 11 is 3.24. The quantitative estimate of drug-likeness (QED) is 0.809. The maximum atomic E-state index is 12.8. The molecule has 1 rings (SSSR count). The Morgan fingerprint density at radius 1 is 1.27 bits per heavy atom. The summed E-state index contributed by atoms with van der Waals surface area (Å²) in [6, 6.07) is 4.23. The molecule has 0 aliphatic rings. The molecule has 0 bridgehead atoms. The number of benzene rings is 1. The van der Waals surface area contributed by atoms with Gasteiger partial charge in [-0.3, -0.25) is 0 Å². The van der Waals surface area contributed by atoms with Gasteiger partial charge >= 0.3 is 0 Å². The Bertz CT molecular complexity index is 307. The number of rotatable bonds is 6. The molecule has 0 atom stereocenters. The van der Waals surface area contributed by atoms with E-state index in [1.807, 2.05) is 0 Å². The molecule has 0 amide bonds. The first-order valence-corrected chi connectivity index (χ1v) is 5.30. The Balaban J connectivity index is 2.33. The Labute approximate surface area is 95.9 Å². The predicted octanol–water partition coefficient (Wildman–Crippen LogP) is 1.98. The minimum atomic E-state index is -0.343. The average molecular weight is 279 g/mol. The van der Waals surface area contributed by atoms with Gasteiger partial charge in [0, 0.05) is 6.07 Å². The Morgan fingerprint density at radius 2 is 2.07 bits per heavy atom. The molecule has 1 aromatic rings. The molecule has 1 aromatic carbocycles. The zero-order valence-electron chi connectivity index (χ0n) is 8.08. The molecular formula is C10H12BrFO3. The second-order valence-corrected chi connectivity index (χ2v) is 3.61. The van der Waals surface area contributed by atoms with E-state index in [1.54, 1.807) is 6.07 Å². The van der Waals surface area contributed by atoms with Crippen LogP contribution in [0.4, 0.5) is 4.39 Å². The highest BCUT2D eigenvalue weighted by Crippen LogP contribution is 2.25. The van der Waals surface area contributed by atoms with E-state index in [0.717, 1.165) is 0 Å². The molecule has 0 spiro atoms. The summed E-state index contributed by atoms with van der Waals surface area (Å²) in [5, 5.41) is 8.44. The predicted molar refractivity (Wildman–Crippen MR) is 57.5 cm³/mol. The number of ether oxygens (including phenoxy) is 2. The maximum Gasteiger partial charge on any atom is 0.136 e. The molecule has 84 valence electrons. The van der Waals surface area contributed by atoms with E-state index in [1.165, 1.54) is 12.1 Å². The number of aliphatic hydroxyl groups is 1. The van der Waals surface area contributed by atoms with Crippen molar-refractivity contribution in [3.63, 3.8) is 0 Å². The molecule has 0 heterocycles. The largest absolute Gasteiger partial charge is 0.490 e. The van der Waals surface area contributed by atoms with E-state index in [9.17, 15) is 4.39 Å². The fraction of sp³-hybridized carbons (Fsp3) is 0.400. The summed E-state index contributed by atoms with van der Waals surface area (Å²) in [7, 11) is 0. The van der Waals surface area contributed by atoms with Crippen LogP contribution < -0.4 is 4.74 Å². The maximum absolute atomic E-state index is 12.8. The highest BCUT2D eigenvalue weighted by Gasteiger charge is 2.02. The lowest BCUT2D eigenvalue weighted by Crippen LogP contribution is -2.09. The van der Waals surface area contributed by atoms with Crippen molar-refractivity contribution in [1.29, 1.82) is 0 Å². The SMILES string of the molecule is OCCOCCOc1cc(F)ccc1Br. The lowest BCUT2D eigenvalue weighted by molar-refractivity contribution is 0.0703. The fourth-order valence-electron chi connectivity index (χ4n) is 0.965. The van der Waals surface area contributed by atoms with Gasteiger partial charge in [0.2, 0.25) is 0 Å².